The Bertz CT molecular complexity index is 865. The predicted molar refractivity (Wildman–Crippen MR) is 93.6 cm³/mol. The van der Waals surface area contributed by atoms with Gasteiger partial charge in [0.05, 0.1) is 7.11 Å². The fourth-order valence-electron chi connectivity index (χ4n) is 2.99. The van der Waals surface area contributed by atoms with E-state index in [0.717, 1.165) is 11.3 Å². The van der Waals surface area contributed by atoms with Gasteiger partial charge < -0.3 is 14.1 Å². The van der Waals surface area contributed by atoms with E-state index in [0.29, 0.717) is 30.5 Å². The van der Waals surface area contributed by atoms with Crippen LogP contribution in [-0.4, -0.2) is 36.0 Å². The molecule has 1 aliphatic rings. The Hall–Kier alpha value is -3.08. The van der Waals surface area contributed by atoms with E-state index in [2.05, 4.69) is 4.98 Å². The van der Waals surface area contributed by atoms with Crippen LogP contribution in [0.15, 0.2) is 65.3 Å². The maximum atomic E-state index is 12.5. The Morgan fingerprint density at radius 1 is 1.16 bits per heavy atom. The quantitative estimate of drug-likeness (QED) is 0.732. The van der Waals surface area contributed by atoms with Crippen LogP contribution in [-0.2, 0) is 0 Å². The summed E-state index contributed by atoms with van der Waals surface area (Å²) in [4.78, 5) is 18.5. The Kier molecular flexibility index (Phi) is 3.98. The Balaban J connectivity index is 1.43. The van der Waals surface area contributed by atoms with Gasteiger partial charge in [-0.2, -0.15) is 0 Å². The summed E-state index contributed by atoms with van der Waals surface area (Å²) in [7, 11) is 1.63. The van der Waals surface area contributed by atoms with Gasteiger partial charge in [0.1, 0.15) is 11.5 Å². The first-order valence-electron chi connectivity index (χ1n) is 8.18. The van der Waals surface area contributed by atoms with E-state index >= 15 is 0 Å². The molecular weight excluding hydrogens is 316 g/mol. The lowest BCUT2D eigenvalue weighted by Crippen LogP contribution is -2.48. The number of rotatable bonds is 4. The Morgan fingerprint density at radius 3 is 2.64 bits per heavy atom. The van der Waals surface area contributed by atoms with Crippen molar-refractivity contribution in [3.8, 4) is 17.1 Å². The lowest BCUT2D eigenvalue weighted by atomic mass is 9.92. The smallest absolute Gasteiger partial charge is 0.289 e. The van der Waals surface area contributed by atoms with Gasteiger partial charge in [0.2, 0.25) is 0 Å². The average Bonchev–Trinajstić information content (AvgIpc) is 3.11. The van der Waals surface area contributed by atoms with Crippen LogP contribution < -0.4 is 4.74 Å². The molecule has 0 saturated carbocycles. The first-order valence-corrected chi connectivity index (χ1v) is 8.18. The summed E-state index contributed by atoms with van der Waals surface area (Å²) in [5.41, 5.74) is 2.08. The molecule has 5 nitrogen and oxygen atoms in total. The van der Waals surface area contributed by atoms with Crippen molar-refractivity contribution >= 4 is 5.91 Å². The van der Waals surface area contributed by atoms with Crippen LogP contribution in [0.3, 0.4) is 0 Å². The van der Waals surface area contributed by atoms with Gasteiger partial charge >= 0.3 is 0 Å². The van der Waals surface area contributed by atoms with Crippen molar-refractivity contribution in [3.05, 3.63) is 72.2 Å². The number of carbonyl (C=O) groups excluding carboxylic acids is 1. The van der Waals surface area contributed by atoms with Gasteiger partial charge in [0.25, 0.3) is 5.91 Å². The van der Waals surface area contributed by atoms with Crippen molar-refractivity contribution in [1.82, 2.24) is 9.88 Å². The monoisotopic (exact) mass is 334 g/mol. The molecule has 0 spiro atoms. The zero-order valence-electron chi connectivity index (χ0n) is 13.9. The normalized spacial score (nSPS) is 14.2. The summed E-state index contributed by atoms with van der Waals surface area (Å²) in [5.74, 6) is 2.12. The molecule has 1 aliphatic heterocycles. The first-order chi connectivity index (χ1) is 12.2. The first kappa shape index (κ1) is 15.4. The van der Waals surface area contributed by atoms with E-state index in [-0.39, 0.29) is 5.91 Å². The molecule has 0 atom stereocenters. The highest BCUT2D eigenvalue weighted by Crippen LogP contribution is 2.30. The third-order valence-corrected chi connectivity index (χ3v) is 4.52. The van der Waals surface area contributed by atoms with Crippen LogP contribution in [0, 0.1) is 0 Å². The molecule has 126 valence electrons. The van der Waals surface area contributed by atoms with Gasteiger partial charge in [0, 0.05) is 37.0 Å². The molecule has 5 heteroatoms. The van der Waals surface area contributed by atoms with Gasteiger partial charge in [-0.3, -0.25) is 9.78 Å². The second-order valence-electron chi connectivity index (χ2n) is 6.09. The summed E-state index contributed by atoms with van der Waals surface area (Å²) in [5, 5.41) is 0. The molecule has 0 radical (unpaired) electrons. The van der Waals surface area contributed by atoms with Crippen molar-refractivity contribution in [1.29, 1.82) is 0 Å². The summed E-state index contributed by atoms with van der Waals surface area (Å²) >= 11 is 0. The number of aromatic nitrogens is 1. The molecule has 3 heterocycles. The second-order valence-corrected chi connectivity index (χ2v) is 6.09. The molecule has 4 rings (SSSR count). The van der Waals surface area contributed by atoms with Crippen molar-refractivity contribution in [2.75, 3.05) is 20.2 Å². The molecule has 0 N–H and O–H groups in total. The maximum absolute atomic E-state index is 12.5. The van der Waals surface area contributed by atoms with E-state index in [1.807, 2.05) is 48.7 Å². The van der Waals surface area contributed by atoms with Crippen LogP contribution in [0.25, 0.3) is 11.3 Å². The molecule has 1 fully saturated rings. The molecule has 0 bridgehead atoms. The number of pyridine rings is 1. The van der Waals surface area contributed by atoms with E-state index in [4.69, 9.17) is 9.15 Å². The lowest BCUT2D eigenvalue weighted by Gasteiger charge is -2.38. The predicted octanol–water partition coefficient (Wildman–Crippen LogP) is 3.59. The van der Waals surface area contributed by atoms with Crippen molar-refractivity contribution < 1.29 is 13.9 Å². The summed E-state index contributed by atoms with van der Waals surface area (Å²) < 4.78 is 10.9. The minimum atomic E-state index is -0.0695. The molecule has 25 heavy (non-hydrogen) atoms. The highest BCUT2D eigenvalue weighted by Gasteiger charge is 2.33. The topological polar surface area (TPSA) is 55.6 Å². The summed E-state index contributed by atoms with van der Waals surface area (Å²) in [6.07, 6.45) is 3.62. The Morgan fingerprint density at radius 2 is 1.96 bits per heavy atom. The molecule has 3 aromatic rings. The van der Waals surface area contributed by atoms with E-state index in [9.17, 15) is 4.79 Å². The molecule has 1 saturated heterocycles. The maximum Gasteiger partial charge on any atom is 0.289 e. The number of furan rings is 1. The number of ether oxygens (including phenoxy) is 1. The van der Waals surface area contributed by atoms with Crippen molar-refractivity contribution in [2.45, 2.75) is 5.92 Å². The zero-order chi connectivity index (χ0) is 17.2. The number of hydrogen-bond acceptors (Lipinski definition) is 4. The molecule has 1 aromatic carbocycles. The van der Waals surface area contributed by atoms with Gasteiger partial charge in [-0.1, -0.05) is 6.07 Å². The molecule has 1 amide bonds. The van der Waals surface area contributed by atoms with Gasteiger partial charge in [0.15, 0.2) is 5.76 Å². The molecule has 2 aromatic heterocycles. The zero-order valence-corrected chi connectivity index (χ0v) is 13.9. The summed E-state index contributed by atoms with van der Waals surface area (Å²) in [6, 6.07) is 15.1. The summed E-state index contributed by atoms with van der Waals surface area (Å²) in [6.45, 7) is 1.40. The minimum absolute atomic E-state index is 0.0695. The number of carbonyl (C=O) groups is 1. The minimum Gasteiger partial charge on any atom is -0.497 e. The molecule has 0 unspecified atom stereocenters. The van der Waals surface area contributed by atoms with Crippen molar-refractivity contribution in [2.24, 2.45) is 0 Å². The van der Waals surface area contributed by atoms with Crippen LogP contribution in [0.5, 0.6) is 5.75 Å². The number of methoxy groups -OCH3 is 1. The third-order valence-electron chi connectivity index (χ3n) is 4.52. The van der Waals surface area contributed by atoms with E-state index in [1.165, 1.54) is 5.56 Å². The van der Waals surface area contributed by atoms with Crippen LogP contribution in [0.4, 0.5) is 0 Å². The van der Waals surface area contributed by atoms with Crippen LogP contribution >= 0.6 is 0 Å². The van der Waals surface area contributed by atoms with Gasteiger partial charge in [-0.15, -0.1) is 0 Å². The standard InChI is InChI=1S/C20H18N2O3/c1-24-17-6-4-14(5-7-17)18-8-9-19(25-18)20(23)22-12-16(13-22)15-3-2-10-21-11-15/h2-11,16H,12-13H2,1H3. The van der Waals surface area contributed by atoms with Gasteiger partial charge in [-0.25, -0.2) is 0 Å². The Labute approximate surface area is 145 Å². The number of amides is 1. The molecule has 0 aliphatic carbocycles. The largest absolute Gasteiger partial charge is 0.497 e. The fraction of sp³-hybridized carbons (Fsp3) is 0.200. The highest BCUT2D eigenvalue weighted by atomic mass is 16.5. The number of benzene rings is 1. The molecular formula is C20H18N2O3. The van der Waals surface area contributed by atoms with E-state index in [1.54, 1.807) is 24.3 Å². The number of nitrogens with zero attached hydrogens (tertiary/aromatic N) is 2. The fourth-order valence-corrected chi connectivity index (χ4v) is 2.99. The van der Waals surface area contributed by atoms with Crippen LogP contribution in [0.1, 0.15) is 22.0 Å². The lowest BCUT2D eigenvalue weighted by molar-refractivity contribution is 0.0570. The highest BCUT2D eigenvalue weighted by molar-refractivity contribution is 5.92. The number of likely N-dealkylation sites (tertiary alicyclic amines) is 1. The van der Waals surface area contributed by atoms with E-state index < -0.39 is 0 Å². The average molecular weight is 334 g/mol. The van der Waals surface area contributed by atoms with Gasteiger partial charge in [-0.05, 0) is 48.0 Å². The third kappa shape index (κ3) is 3.01. The van der Waals surface area contributed by atoms with Crippen LogP contribution in [0.2, 0.25) is 0 Å². The second kappa shape index (κ2) is 6.43. The van der Waals surface area contributed by atoms with Crippen molar-refractivity contribution in [3.63, 3.8) is 0 Å². The number of hydrogen-bond donors (Lipinski definition) is 0. The SMILES string of the molecule is COc1ccc(-c2ccc(C(=O)N3CC(c4cccnc4)C3)o2)cc1.